The molecule has 0 spiro atoms. The third-order valence-corrected chi connectivity index (χ3v) is 5.17. The van der Waals surface area contributed by atoms with Crippen LogP contribution in [-0.2, 0) is 20.2 Å². The van der Waals surface area contributed by atoms with Crippen LogP contribution in [0, 0.1) is 6.92 Å². The van der Waals surface area contributed by atoms with Gasteiger partial charge < -0.3 is 4.74 Å². The topological polar surface area (TPSA) is 72.8 Å². The molecule has 2 aromatic carbocycles. The lowest BCUT2D eigenvalue weighted by atomic mass is 9.80. The van der Waals surface area contributed by atoms with Gasteiger partial charge in [0.15, 0.2) is 5.78 Å². The Morgan fingerprint density at radius 3 is 2.46 bits per heavy atom. The van der Waals surface area contributed by atoms with Crippen LogP contribution in [0.3, 0.4) is 0 Å². The largest absolute Gasteiger partial charge is 0.421 e. The highest BCUT2D eigenvalue weighted by molar-refractivity contribution is 6.13. The fraction of sp³-hybridized carbons (Fsp3) is 0.391. The summed E-state index contributed by atoms with van der Waals surface area (Å²) in [6, 6.07) is 11.9. The number of aryl methyl sites for hydroxylation is 1. The van der Waals surface area contributed by atoms with Gasteiger partial charge in [-0.3, -0.25) is 9.59 Å². The molecule has 1 aliphatic carbocycles. The summed E-state index contributed by atoms with van der Waals surface area (Å²) >= 11 is 0. The van der Waals surface area contributed by atoms with Crippen molar-refractivity contribution in [3.63, 3.8) is 0 Å². The van der Waals surface area contributed by atoms with Crippen molar-refractivity contribution < 1.29 is 24.5 Å². The van der Waals surface area contributed by atoms with Gasteiger partial charge in [0, 0.05) is 28.7 Å². The molecule has 0 aliphatic heterocycles. The van der Waals surface area contributed by atoms with E-state index in [1.54, 1.807) is 42.5 Å². The quantitative estimate of drug-likeness (QED) is 0.225. The number of hydrogen-bond acceptors (Lipinski definition) is 5. The van der Waals surface area contributed by atoms with E-state index in [1.165, 1.54) is 0 Å². The summed E-state index contributed by atoms with van der Waals surface area (Å²) in [6.45, 7) is 4.01. The predicted molar refractivity (Wildman–Crippen MR) is 105 cm³/mol. The van der Waals surface area contributed by atoms with Crippen LogP contribution in [-0.4, -0.2) is 17.0 Å². The van der Waals surface area contributed by atoms with Crippen LogP contribution in [0.25, 0.3) is 0 Å². The van der Waals surface area contributed by atoms with Gasteiger partial charge >= 0.3 is 5.97 Å². The van der Waals surface area contributed by atoms with Crippen molar-refractivity contribution in [2.24, 2.45) is 0 Å². The Bertz CT molecular complexity index is 873. The summed E-state index contributed by atoms with van der Waals surface area (Å²) in [6.07, 6.45) is 5.23. The first-order valence-electron chi connectivity index (χ1n) is 9.83. The zero-order valence-electron chi connectivity index (χ0n) is 16.4. The van der Waals surface area contributed by atoms with Crippen LogP contribution < -0.4 is 0 Å². The number of carbonyl (C=O) groups excluding carboxylic acids is 2. The van der Waals surface area contributed by atoms with E-state index in [1.807, 2.05) is 6.92 Å². The fourth-order valence-electron chi connectivity index (χ4n) is 3.70. The molecule has 5 nitrogen and oxygen atoms in total. The Morgan fingerprint density at radius 2 is 1.71 bits per heavy atom. The van der Waals surface area contributed by atoms with E-state index < -0.39 is 11.8 Å². The Hall–Kier alpha value is -2.50. The number of fused-ring (bicyclic) bond motifs is 2. The molecule has 0 saturated carbocycles. The monoisotopic (exact) mass is 382 g/mol. The minimum Gasteiger partial charge on any atom is -0.421 e. The van der Waals surface area contributed by atoms with Crippen molar-refractivity contribution in [1.82, 2.24) is 0 Å². The molecule has 1 unspecified atom stereocenters. The van der Waals surface area contributed by atoms with E-state index in [-0.39, 0.29) is 12.2 Å². The zero-order chi connectivity index (χ0) is 20.1. The zero-order valence-corrected chi connectivity index (χ0v) is 16.4. The Kier molecular flexibility index (Phi) is 6.27. The molecule has 0 fully saturated rings. The van der Waals surface area contributed by atoms with Gasteiger partial charge in [0.2, 0.25) is 0 Å². The SMILES string of the molecule is CCCCCCCC(=O)OC1(OO)c2ccccc2C(=O)c2cc(C)ccc21. The second-order valence-electron chi connectivity index (χ2n) is 7.27. The van der Waals surface area contributed by atoms with E-state index in [4.69, 9.17) is 9.62 Å². The Balaban J connectivity index is 1.94. The molecular weight excluding hydrogens is 356 g/mol. The van der Waals surface area contributed by atoms with Crippen molar-refractivity contribution in [2.45, 2.75) is 58.2 Å². The third kappa shape index (κ3) is 3.73. The van der Waals surface area contributed by atoms with Gasteiger partial charge in [0.1, 0.15) is 0 Å². The minimum atomic E-state index is -1.84. The highest BCUT2D eigenvalue weighted by Crippen LogP contribution is 2.43. The maximum atomic E-state index is 12.9. The standard InChI is InChI=1S/C23H26O5/c1-3-4-5-6-7-12-21(24)27-23(28-26)19-11-9-8-10-17(19)22(25)18-15-16(2)13-14-20(18)23/h8-11,13-15,26H,3-7,12H2,1-2H3. The molecule has 0 bridgehead atoms. The van der Waals surface area contributed by atoms with E-state index in [0.29, 0.717) is 28.7 Å². The van der Waals surface area contributed by atoms with E-state index in [2.05, 4.69) is 6.92 Å². The number of ketones is 1. The van der Waals surface area contributed by atoms with Gasteiger partial charge in [-0.25, -0.2) is 5.26 Å². The van der Waals surface area contributed by atoms with Crippen LogP contribution in [0.5, 0.6) is 0 Å². The lowest BCUT2D eigenvalue weighted by Crippen LogP contribution is -2.41. The van der Waals surface area contributed by atoms with Gasteiger partial charge in [-0.05, 0) is 19.4 Å². The Labute approximate surface area is 165 Å². The number of rotatable bonds is 8. The third-order valence-electron chi connectivity index (χ3n) is 5.17. The number of hydrogen-bond donors (Lipinski definition) is 1. The number of carbonyl (C=O) groups is 2. The van der Waals surface area contributed by atoms with Crippen molar-refractivity contribution >= 4 is 11.8 Å². The molecule has 0 aromatic heterocycles. The maximum Gasteiger partial charge on any atom is 0.308 e. The summed E-state index contributed by atoms with van der Waals surface area (Å²) in [4.78, 5) is 30.4. The number of benzene rings is 2. The second kappa shape index (κ2) is 8.67. The molecule has 148 valence electrons. The molecule has 0 saturated heterocycles. The first-order chi connectivity index (χ1) is 13.5. The van der Waals surface area contributed by atoms with Gasteiger partial charge in [-0.1, -0.05) is 74.6 Å². The van der Waals surface area contributed by atoms with Crippen LogP contribution in [0.1, 0.15) is 78.1 Å². The highest BCUT2D eigenvalue weighted by atomic mass is 17.1. The fourth-order valence-corrected chi connectivity index (χ4v) is 3.70. The molecule has 2 aromatic rings. The predicted octanol–water partition coefficient (Wildman–Crippen LogP) is 5.13. The van der Waals surface area contributed by atoms with Crippen LogP contribution >= 0.6 is 0 Å². The van der Waals surface area contributed by atoms with E-state index in [0.717, 1.165) is 31.2 Å². The van der Waals surface area contributed by atoms with Gasteiger partial charge in [-0.2, -0.15) is 4.89 Å². The second-order valence-corrected chi connectivity index (χ2v) is 7.27. The highest BCUT2D eigenvalue weighted by Gasteiger charge is 2.49. The number of esters is 1. The molecule has 0 amide bonds. The number of unbranched alkanes of at least 4 members (excludes halogenated alkanes) is 4. The van der Waals surface area contributed by atoms with Crippen molar-refractivity contribution in [1.29, 1.82) is 0 Å². The summed E-state index contributed by atoms with van der Waals surface area (Å²) < 4.78 is 5.71. The average molecular weight is 382 g/mol. The van der Waals surface area contributed by atoms with Crippen LogP contribution in [0.4, 0.5) is 0 Å². The summed E-state index contributed by atoms with van der Waals surface area (Å²) in [5.41, 5.74) is 2.27. The molecule has 5 heteroatoms. The van der Waals surface area contributed by atoms with Crippen LogP contribution in [0.15, 0.2) is 42.5 Å². The lowest BCUT2D eigenvalue weighted by molar-refractivity contribution is -0.384. The van der Waals surface area contributed by atoms with Crippen molar-refractivity contribution in [3.05, 3.63) is 70.3 Å². The van der Waals surface area contributed by atoms with Gasteiger partial charge in [0.05, 0.1) is 0 Å². The molecule has 1 atom stereocenters. The van der Waals surface area contributed by atoms with Crippen LogP contribution in [0.2, 0.25) is 0 Å². The van der Waals surface area contributed by atoms with Gasteiger partial charge in [0.25, 0.3) is 5.79 Å². The maximum absolute atomic E-state index is 12.9. The Morgan fingerprint density at radius 1 is 1.00 bits per heavy atom. The molecule has 0 heterocycles. The molecule has 1 aliphatic rings. The van der Waals surface area contributed by atoms with E-state index >= 15 is 0 Å². The summed E-state index contributed by atoms with van der Waals surface area (Å²) in [5, 5.41) is 9.89. The lowest BCUT2D eigenvalue weighted by Gasteiger charge is -2.36. The summed E-state index contributed by atoms with van der Waals surface area (Å²) in [7, 11) is 0. The average Bonchev–Trinajstić information content (AvgIpc) is 2.71. The first kappa shape index (κ1) is 20.2. The van der Waals surface area contributed by atoms with E-state index in [9.17, 15) is 14.8 Å². The molecule has 0 radical (unpaired) electrons. The molecule has 28 heavy (non-hydrogen) atoms. The summed E-state index contributed by atoms with van der Waals surface area (Å²) in [5.74, 6) is -2.49. The minimum absolute atomic E-state index is 0.183. The van der Waals surface area contributed by atoms with Crippen molar-refractivity contribution in [3.8, 4) is 0 Å². The van der Waals surface area contributed by atoms with Gasteiger partial charge in [-0.15, -0.1) is 0 Å². The molecule has 1 N–H and O–H groups in total. The van der Waals surface area contributed by atoms with Crippen molar-refractivity contribution in [2.75, 3.05) is 0 Å². The first-order valence-corrected chi connectivity index (χ1v) is 9.83. The number of ether oxygens (including phenoxy) is 1. The normalized spacial score (nSPS) is 17.8. The molecule has 3 rings (SSSR count). The molecular formula is C23H26O5. The smallest absolute Gasteiger partial charge is 0.308 e.